The molecule has 0 aromatic carbocycles. The molecule has 1 unspecified atom stereocenters. The fourth-order valence-electron chi connectivity index (χ4n) is 1.46. The number of carbonyl (C=O) groups is 1. The van der Waals surface area contributed by atoms with E-state index in [-0.39, 0.29) is 16.1 Å². The first-order valence-electron chi connectivity index (χ1n) is 5.51. The Bertz CT molecular complexity index is 386. The normalized spacial score (nSPS) is 13.5. The Morgan fingerprint density at radius 2 is 2.18 bits per heavy atom. The number of amides is 1. The lowest BCUT2D eigenvalue weighted by atomic mass is 9.90. The van der Waals surface area contributed by atoms with Crippen LogP contribution in [0.4, 0.5) is 0 Å². The van der Waals surface area contributed by atoms with E-state index in [1.54, 1.807) is 6.92 Å². The quantitative estimate of drug-likeness (QED) is 0.868. The van der Waals surface area contributed by atoms with Crippen molar-refractivity contribution >= 4 is 33.4 Å². The smallest absolute Gasteiger partial charge is 0.264 e. The van der Waals surface area contributed by atoms with Gasteiger partial charge in [-0.15, -0.1) is 5.10 Å². The number of hydrogen-bond acceptors (Lipinski definition) is 4. The van der Waals surface area contributed by atoms with Crippen molar-refractivity contribution in [3.63, 3.8) is 0 Å². The molecular weight excluding hydrogens is 302 g/mol. The van der Waals surface area contributed by atoms with Crippen LogP contribution in [0.2, 0.25) is 0 Å². The first kappa shape index (κ1) is 14.6. The number of halogens is 1. The molecule has 4 nitrogen and oxygen atoms in total. The average Bonchev–Trinajstić information content (AvgIpc) is 2.58. The van der Waals surface area contributed by atoms with E-state index in [9.17, 15) is 4.79 Å². The molecule has 0 aliphatic rings. The first-order valence-corrected chi connectivity index (χ1v) is 7.20. The number of carbonyl (C=O) groups excluding carboxylic acids is 1. The lowest BCUT2D eigenvalue weighted by Crippen LogP contribution is -2.31. The highest BCUT2D eigenvalue weighted by atomic mass is 79.9. The first-order chi connectivity index (χ1) is 7.79. The van der Waals surface area contributed by atoms with Gasteiger partial charge in [0.2, 0.25) is 0 Å². The molecule has 1 aromatic heterocycles. The Balaban J connectivity index is 2.42. The van der Waals surface area contributed by atoms with Gasteiger partial charge in [-0.05, 0) is 30.3 Å². The second-order valence-electron chi connectivity index (χ2n) is 5.26. The number of aromatic nitrogens is 2. The molecule has 1 heterocycles. The Morgan fingerprint density at radius 3 is 2.65 bits per heavy atom. The van der Waals surface area contributed by atoms with E-state index in [1.165, 1.54) is 0 Å². The van der Waals surface area contributed by atoms with Crippen molar-refractivity contribution in [1.82, 2.24) is 14.9 Å². The van der Waals surface area contributed by atoms with E-state index in [4.69, 9.17) is 0 Å². The molecule has 1 atom stereocenters. The van der Waals surface area contributed by atoms with E-state index in [0.717, 1.165) is 18.0 Å². The van der Waals surface area contributed by atoms with Gasteiger partial charge in [0.1, 0.15) is 4.88 Å². The molecule has 1 rings (SSSR count). The summed E-state index contributed by atoms with van der Waals surface area (Å²) in [6.07, 6.45) is 1.01. The monoisotopic (exact) mass is 319 g/mol. The van der Waals surface area contributed by atoms with Gasteiger partial charge in [0, 0.05) is 11.4 Å². The van der Waals surface area contributed by atoms with Gasteiger partial charge in [-0.2, -0.15) is 0 Å². The highest BCUT2D eigenvalue weighted by Gasteiger charge is 2.18. The molecule has 0 saturated heterocycles. The summed E-state index contributed by atoms with van der Waals surface area (Å²) in [6, 6.07) is 0. The molecule has 0 bridgehead atoms. The summed E-state index contributed by atoms with van der Waals surface area (Å²) in [5.74, 6) is -0.0872. The topological polar surface area (TPSA) is 54.9 Å². The number of nitrogens with zero attached hydrogens (tertiary/aromatic N) is 2. The molecule has 1 aromatic rings. The van der Waals surface area contributed by atoms with E-state index in [1.807, 2.05) is 0 Å². The van der Waals surface area contributed by atoms with Crippen LogP contribution in [0.25, 0.3) is 0 Å². The predicted molar refractivity (Wildman–Crippen MR) is 73.8 cm³/mol. The maximum absolute atomic E-state index is 11.8. The van der Waals surface area contributed by atoms with Gasteiger partial charge in [0.25, 0.3) is 5.91 Å². The van der Waals surface area contributed by atoms with Gasteiger partial charge < -0.3 is 5.32 Å². The van der Waals surface area contributed by atoms with Gasteiger partial charge in [0.15, 0.2) is 0 Å². The summed E-state index contributed by atoms with van der Waals surface area (Å²) < 4.78 is 3.75. The summed E-state index contributed by atoms with van der Waals surface area (Å²) in [5.41, 5.74) is 0.940. The molecule has 6 heteroatoms. The highest BCUT2D eigenvalue weighted by molar-refractivity contribution is 9.09. The van der Waals surface area contributed by atoms with Crippen LogP contribution >= 0.6 is 27.5 Å². The minimum Gasteiger partial charge on any atom is -0.350 e. The van der Waals surface area contributed by atoms with Crippen LogP contribution in [0.1, 0.15) is 42.6 Å². The molecule has 0 fully saturated rings. The Hall–Kier alpha value is -0.490. The SMILES string of the molecule is Cc1nnsc1C(=O)NCC(Br)CC(C)(C)C. The van der Waals surface area contributed by atoms with Gasteiger partial charge in [-0.1, -0.05) is 41.2 Å². The summed E-state index contributed by atoms with van der Waals surface area (Å²) in [5, 5.41) is 6.71. The van der Waals surface area contributed by atoms with Crippen LogP contribution in [0, 0.1) is 12.3 Å². The van der Waals surface area contributed by atoms with Crippen molar-refractivity contribution in [1.29, 1.82) is 0 Å². The van der Waals surface area contributed by atoms with Gasteiger partial charge in [-0.25, -0.2) is 0 Å². The number of aryl methyl sites for hydroxylation is 1. The molecular formula is C11H18BrN3OS. The number of nitrogens with one attached hydrogen (secondary N) is 1. The van der Waals surface area contributed by atoms with Crippen molar-refractivity contribution in [2.45, 2.75) is 38.9 Å². The standard InChI is InChI=1S/C11H18BrN3OS/c1-7-9(17-15-14-7)10(16)13-6-8(12)5-11(2,3)4/h8H,5-6H2,1-4H3,(H,13,16). The second-order valence-corrected chi connectivity index (χ2v) is 7.31. The molecule has 1 amide bonds. The van der Waals surface area contributed by atoms with Crippen LogP contribution < -0.4 is 5.32 Å². The van der Waals surface area contributed by atoms with E-state index < -0.39 is 0 Å². The van der Waals surface area contributed by atoms with Gasteiger partial charge in [0.05, 0.1) is 5.69 Å². The second kappa shape index (κ2) is 5.91. The lowest BCUT2D eigenvalue weighted by molar-refractivity contribution is 0.0955. The average molecular weight is 320 g/mol. The third-order valence-corrected chi connectivity index (χ3v) is 3.65. The number of rotatable bonds is 4. The fraction of sp³-hybridized carbons (Fsp3) is 0.727. The Labute approximate surface area is 114 Å². The maximum Gasteiger partial charge on any atom is 0.264 e. The summed E-state index contributed by atoms with van der Waals surface area (Å²) in [7, 11) is 0. The minimum absolute atomic E-state index is 0.0872. The van der Waals surface area contributed by atoms with Crippen molar-refractivity contribution in [2.75, 3.05) is 6.54 Å². The zero-order chi connectivity index (χ0) is 13.1. The van der Waals surface area contributed by atoms with Crippen LogP contribution in [0.3, 0.4) is 0 Å². The third kappa shape index (κ3) is 5.12. The van der Waals surface area contributed by atoms with E-state index in [2.05, 4.69) is 51.6 Å². The van der Waals surface area contributed by atoms with Crippen LogP contribution in [0.5, 0.6) is 0 Å². The largest absolute Gasteiger partial charge is 0.350 e. The molecule has 96 valence electrons. The highest BCUT2D eigenvalue weighted by Crippen LogP contribution is 2.24. The summed E-state index contributed by atoms with van der Waals surface area (Å²) in [4.78, 5) is 12.7. The lowest BCUT2D eigenvalue weighted by Gasteiger charge is -2.22. The van der Waals surface area contributed by atoms with Crippen LogP contribution in [-0.2, 0) is 0 Å². The molecule has 17 heavy (non-hydrogen) atoms. The van der Waals surface area contributed by atoms with Crippen LogP contribution in [-0.4, -0.2) is 26.9 Å². The maximum atomic E-state index is 11.8. The zero-order valence-electron chi connectivity index (χ0n) is 10.6. The summed E-state index contributed by atoms with van der Waals surface area (Å²) >= 11 is 4.72. The van der Waals surface area contributed by atoms with E-state index >= 15 is 0 Å². The fourth-order valence-corrected chi connectivity index (χ4v) is 3.17. The predicted octanol–water partition coefficient (Wildman–Crippen LogP) is 2.78. The van der Waals surface area contributed by atoms with Gasteiger partial charge >= 0.3 is 0 Å². The Morgan fingerprint density at radius 1 is 1.53 bits per heavy atom. The number of hydrogen-bond donors (Lipinski definition) is 1. The summed E-state index contributed by atoms with van der Waals surface area (Å²) in [6.45, 7) is 8.95. The van der Waals surface area contributed by atoms with Crippen molar-refractivity contribution in [2.24, 2.45) is 5.41 Å². The Kier molecular flexibility index (Phi) is 5.06. The van der Waals surface area contributed by atoms with Crippen molar-refractivity contribution in [3.05, 3.63) is 10.6 Å². The van der Waals surface area contributed by atoms with Crippen molar-refractivity contribution in [3.8, 4) is 0 Å². The van der Waals surface area contributed by atoms with Gasteiger partial charge in [-0.3, -0.25) is 4.79 Å². The van der Waals surface area contributed by atoms with Crippen molar-refractivity contribution < 1.29 is 4.79 Å². The molecule has 0 aliphatic carbocycles. The zero-order valence-corrected chi connectivity index (χ0v) is 13.0. The molecule has 0 radical (unpaired) electrons. The molecule has 0 saturated carbocycles. The van der Waals surface area contributed by atoms with Crippen LogP contribution in [0.15, 0.2) is 0 Å². The minimum atomic E-state index is -0.0872. The molecule has 1 N–H and O–H groups in total. The number of alkyl halides is 1. The van der Waals surface area contributed by atoms with E-state index in [0.29, 0.717) is 17.1 Å². The third-order valence-electron chi connectivity index (χ3n) is 2.18. The molecule has 0 spiro atoms. The molecule has 0 aliphatic heterocycles.